The van der Waals surface area contributed by atoms with Gasteiger partial charge < -0.3 is 0 Å². The summed E-state index contributed by atoms with van der Waals surface area (Å²) in [7, 11) is 0. The Balaban J connectivity index is 0. The normalized spacial score (nSPS) is 9.83. The molecule has 4 nitrogen and oxygen atoms in total. The van der Waals surface area contributed by atoms with E-state index in [1.807, 2.05) is 0 Å². The molecule has 0 amide bonds. The molecule has 0 saturated heterocycles. The zero-order chi connectivity index (χ0) is 4.50. The molecule has 0 aromatic carbocycles. The number of rotatable bonds is 0. The molecular weight excluding hydrogens is 195 g/mol. The number of hydrogen-bond acceptors (Lipinski definition) is 3. The Bertz CT molecular complexity index is 53.7. The topological polar surface area (TPSA) is 83.4 Å². The van der Waals surface area contributed by atoms with E-state index in [2.05, 4.69) is 0 Å². The molecule has 0 aliphatic carbocycles. The van der Waals surface area contributed by atoms with Crippen LogP contribution in [0.1, 0.15) is 0 Å². The first-order valence-corrected chi connectivity index (χ1v) is 3.89. The first-order chi connectivity index (χ1) is 2.00. The van der Waals surface area contributed by atoms with Gasteiger partial charge in [-0.25, -0.2) is 0 Å². The van der Waals surface area contributed by atoms with Crippen molar-refractivity contribution in [2.75, 3.05) is 0 Å². The first kappa shape index (κ1) is 9.90. The average Bonchev–Trinajstić information content (AvgIpc) is 0.722. The minimum atomic E-state index is -5.62. The van der Waals surface area contributed by atoms with Crippen molar-refractivity contribution in [3.8, 4) is 0 Å². The molecule has 0 saturated carbocycles. The van der Waals surface area contributed by atoms with Crippen molar-refractivity contribution in [3.63, 3.8) is 0 Å². The van der Waals surface area contributed by atoms with Crippen LogP contribution in [0.2, 0.25) is 0 Å². The SMILES string of the molecule is O=[As]([O-])([O-])O.[Fe+2]. The van der Waals surface area contributed by atoms with Crippen LogP contribution in [0, 0.1) is 0 Å². The van der Waals surface area contributed by atoms with Crippen LogP contribution in [-0.4, -0.2) is 18.6 Å². The molecule has 0 aliphatic rings. The Morgan fingerprint density at radius 2 is 1.50 bits per heavy atom. The second-order valence-corrected chi connectivity index (χ2v) is 2.43. The second kappa shape index (κ2) is 2.85. The van der Waals surface area contributed by atoms with Gasteiger partial charge in [0.15, 0.2) is 0 Å². The van der Waals surface area contributed by atoms with Crippen LogP contribution in [0.25, 0.3) is 0 Å². The third kappa shape index (κ3) is 117. The standard InChI is InChI=1S/AsH3O4.Fe/c2-1(3,4)5;/h(H3,2,3,4,5);/q;+2/p-2. The quantitative estimate of drug-likeness (QED) is 0.408. The van der Waals surface area contributed by atoms with Crippen LogP contribution in [0.4, 0.5) is 0 Å². The van der Waals surface area contributed by atoms with E-state index in [9.17, 15) is 0 Å². The fraction of sp³-hybridized carbons (Fsp3) is 0. The zero-order valence-electron chi connectivity index (χ0n) is 2.47. The van der Waals surface area contributed by atoms with Crippen molar-refractivity contribution in [1.29, 1.82) is 0 Å². The van der Waals surface area contributed by atoms with Crippen LogP contribution < -0.4 is 8.19 Å². The van der Waals surface area contributed by atoms with Gasteiger partial charge in [-0.3, -0.25) is 0 Å². The minimum Gasteiger partial charge on any atom is 2.00 e. The van der Waals surface area contributed by atoms with Gasteiger partial charge in [-0.2, -0.15) is 0 Å². The van der Waals surface area contributed by atoms with E-state index in [1.54, 1.807) is 0 Å². The summed E-state index contributed by atoms with van der Waals surface area (Å²) >= 11 is -5.62. The smallest absolute Gasteiger partial charge is 2.00 e. The molecule has 38 valence electrons. The summed E-state index contributed by atoms with van der Waals surface area (Å²) in [5, 5.41) is 0. The fourth-order valence-corrected chi connectivity index (χ4v) is 0. The van der Waals surface area contributed by atoms with Gasteiger partial charge in [0.25, 0.3) is 0 Å². The van der Waals surface area contributed by atoms with Crippen LogP contribution >= 0.6 is 0 Å². The molecule has 0 unspecified atom stereocenters. The maximum atomic E-state index is 8.72. The van der Waals surface area contributed by atoms with E-state index in [0.717, 1.165) is 0 Å². The fourth-order valence-electron chi connectivity index (χ4n) is 0. The summed E-state index contributed by atoms with van der Waals surface area (Å²) in [6, 6.07) is 0. The summed E-state index contributed by atoms with van der Waals surface area (Å²) < 4.78 is 33.2. The van der Waals surface area contributed by atoms with E-state index < -0.39 is 14.5 Å². The van der Waals surface area contributed by atoms with Gasteiger partial charge in [-0.05, 0) is 0 Å². The van der Waals surface area contributed by atoms with Gasteiger partial charge in [0, 0.05) is 0 Å². The molecule has 0 aliphatic heterocycles. The summed E-state index contributed by atoms with van der Waals surface area (Å²) in [6.45, 7) is 0. The molecule has 0 fully saturated rings. The van der Waals surface area contributed by atoms with Crippen molar-refractivity contribution in [1.82, 2.24) is 0 Å². The van der Waals surface area contributed by atoms with Crippen molar-refractivity contribution < 1.29 is 33.1 Å². The second-order valence-electron chi connectivity index (χ2n) is 0.469. The van der Waals surface area contributed by atoms with E-state index in [0.29, 0.717) is 0 Å². The molecule has 0 rings (SSSR count). The van der Waals surface area contributed by atoms with Crippen molar-refractivity contribution in [2.45, 2.75) is 0 Å². The molecule has 0 spiro atoms. The van der Waals surface area contributed by atoms with Gasteiger partial charge in [-0.15, -0.1) is 0 Å². The van der Waals surface area contributed by atoms with Crippen LogP contribution in [0.5, 0.6) is 0 Å². The summed E-state index contributed by atoms with van der Waals surface area (Å²) in [5.74, 6) is 0. The first-order valence-electron chi connectivity index (χ1n) is 0.748. The number of hydrogen-bond donors (Lipinski definition) is 1. The van der Waals surface area contributed by atoms with Crippen molar-refractivity contribution in [2.24, 2.45) is 0 Å². The Morgan fingerprint density at radius 1 is 1.50 bits per heavy atom. The van der Waals surface area contributed by atoms with Gasteiger partial charge in [0.05, 0.1) is 0 Å². The maximum Gasteiger partial charge on any atom is 2.00 e. The van der Waals surface area contributed by atoms with Gasteiger partial charge >= 0.3 is 47.6 Å². The van der Waals surface area contributed by atoms with Crippen molar-refractivity contribution in [3.05, 3.63) is 0 Å². The predicted octanol–water partition coefficient (Wildman–Crippen LogP) is -3.44. The molecular formula is HAsFeO4. The third-order valence-corrected chi connectivity index (χ3v) is 0. The summed E-state index contributed by atoms with van der Waals surface area (Å²) in [5.41, 5.74) is 0. The zero-order valence-corrected chi connectivity index (χ0v) is 5.45. The van der Waals surface area contributed by atoms with Crippen LogP contribution in [-0.2, 0) is 20.8 Å². The monoisotopic (exact) mass is 196 g/mol. The molecule has 0 aromatic rings. The minimum absolute atomic E-state index is 0. The van der Waals surface area contributed by atoms with Gasteiger partial charge in [0.2, 0.25) is 0 Å². The van der Waals surface area contributed by atoms with Crippen molar-refractivity contribution >= 4 is 14.5 Å². The molecule has 1 N–H and O–H groups in total. The molecule has 0 bridgehead atoms. The molecule has 0 atom stereocenters. The molecule has 6 heavy (non-hydrogen) atoms. The van der Waals surface area contributed by atoms with E-state index in [-0.39, 0.29) is 17.1 Å². The molecule has 0 radical (unpaired) electrons. The third-order valence-electron chi connectivity index (χ3n) is 0. The Kier molecular flexibility index (Phi) is 4.71. The summed E-state index contributed by atoms with van der Waals surface area (Å²) in [4.78, 5) is 0. The van der Waals surface area contributed by atoms with Crippen LogP contribution in [0.15, 0.2) is 0 Å². The van der Waals surface area contributed by atoms with E-state index in [4.69, 9.17) is 16.0 Å². The molecule has 0 heterocycles. The molecule has 0 aromatic heterocycles. The van der Waals surface area contributed by atoms with Gasteiger partial charge in [-0.1, -0.05) is 0 Å². The predicted molar refractivity (Wildman–Crippen MR) is 8.66 cm³/mol. The van der Waals surface area contributed by atoms with E-state index in [1.165, 1.54) is 0 Å². The van der Waals surface area contributed by atoms with E-state index >= 15 is 0 Å². The van der Waals surface area contributed by atoms with Crippen LogP contribution in [0.3, 0.4) is 0 Å². The Labute approximate surface area is 48.0 Å². The largest absolute Gasteiger partial charge is 2.00 e. The maximum absolute atomic E-state index is 8.72. The summed E-state index contributed by atoms with van der Waals surface area (Å²) in [6.07, 6.45) is 0. The molecule has 6 heteroatoms. The van der Waals surface area contributed by atoms with Gasteiger partial charge in [0.1, 0.15) is 0 Å². The Morgan fingerprint density at radius 3 is 1.50 bits per heavy atom. The Hall–Kier alpha value is 0.758. The average molecular weight is 196 g/mol.